The molecule has 6 heteroatoms. The van der Waals surface area contributed by atoms with Crippen molar-refractivity contribution in [3.8, 4) is 0 Å². The molecule has 0 fully saturated rings. The summed E-state index contributed by atoms with van der Waals surface area (Å²) >= 11 is 3.57. The first kappa shape index (κ1) is 23.5. The number of nitrogens with one attached hydrogen (secondary N) is 3. The highest BCUT2D eigenvalue weighted by Gasteiger charge is 2.20. The maximum absolute atomic E-state index is 14.0. The Morgan fingerprint density at radius 2 is 1.69 bits per heavy atom. The normalized spacial score (nSPS) is 11.7. The van der Waals surface area contributed by atoms with E-state index in [2.05, 4.69) is 64.4 Å². The summed E-state index contributed by atoms with van der Waals surface area (Å²) in [5.74, 6) is -0.185. The number of carbonyl (C=O) groups is 1. The number of carbonyl (C=O) groups excluding carboxylic acids is 1. The zero-order valence-corrected chi connectivity index (χ0v) is 19.7. The largest absolute Gasteiger partial charge is 0.383 e. The van der Waals surface area contributed by atoms with Crippen molar-refractivity contribution in [2.75, 3.05) is 22.5 Å². The molecule has 32 heavy (non-hydrogen) atoms. The van der Waals surface area contributed by atoms with Gasteiger partial charge in [-0.15, -0.1) is 6.58 Å². The molecule has 3 rings (SSSR count). The highest BCUT2D eigenvalue weighted by atomic mass is 79.9. The summed E-state index contributed by atoms with van der Waals surface area (Å²) < 4.78 is 14.8. The average molecular weight is 496 g/mol. The van der Waals surface area contributed by atoms with Gasteiger partial charge in [0.25, 0.3) is 0 Å². The molecule has 3 aromatic carbocycles. The van der Waals surface area contributed by atoms with E-state index in [4.69, 9.17) is 0 Å². The van der Waals surface area contributed by atoms with Crippen LogP contribution in [0.3, 0.4) is 0 Å². The Morgan fingerprint density at radius 3 is 2.34 bits per heavy atom. The van der Waals surface area contributed by atoms with E-state index in [0.717, 1.165) is 27.8 Å². The summed E-state index contributed by atoms with van der Waals surface area (Å²) in [6.07, 6.45) is 1.89. The Labute approximate surface area is 197 Å². The molecule has 0 aliphatic carbocycles. The van der Waals surface area contributed by atoms with Gasteiger partial charge in [0, 0.05) is 16.9 Å². The molecular weight excluding hydrogens is 469 g/mol. The first-order chi connectivity index (χ1) is 15.4. The number of para-hydroxylation sites is 1. The van der Waals surface area contributed by atoms with E-state index in [-0.39, 0.29) is 11.6 Å². The van der Waals surface area contributed by atoms with E-state index in [1.165, 1.54) is 12.1 Å². The lowest BCUT2D eigenvalue weighted by Gasteiger charge is -2.23. The average Bonchev–Trinajstić information content (AvgIpc) is 2.76. The highest BCUT2D eigenvalue weighted by molar-refractivity contribution is 9.10. The number of benzene rings is 3. The van der Waals surface area contributed by atoms with Crippen molar-refractivity contribution in [2.24, 2.45) is 5.92 Å². The molecule has 3 aromatic rings. The molecule has 0 aliphatic heterocycles. The van der Waals surface area contributed by atoms with Crippen LogP contribution in [0.25, 0.3) is 0 Å². The fourth-order valence-corrected chi connectivity index (χ4v) is 3.89. The monoisotopic (exact) mass is 495 g/mol. The molecule has 1 atom stereocenters. The van der Waals surface area contributed by atoms with Gasteiger partial charge in [-0.25, -0.2) is 9.18 Å². The second kappa shape index (κ2) is 11.0. The number of hydrogen-bond donors (Lipinski definition) is 3. The van der Waals surface area contributed by atoms with Gasteiger partial charge in [-0.3, -0.25) is 0 Å². The second-order valence-corrected chi connectivity index (χ2v) is 8.79. The molecule has 4 nitrogen and oxygen atoms in total. The lowest BCUT2D eigenvalue weighted by molar-refractivity contribution is 0.262. The minimum Gasteiger partial charge on any atom is -0.383 e. The molecule has 3 N–H and O–H groups in total. The van der Waals surface area contributed by atoms with Crippen molar-refractivity contribution < 1.29 is 9.18 Å². The number of rotatable bonds is 8. The van der Waals surface area contributed by atoms with Crippen LogP contribution in [0.4, 0.5) is 26.2 Å². The molecule has 0 aromatic heterocycles. The number of allylic oxidation sites excluding steroid dienone is 1. The summed E-state index contributed by atoms with van der Waals surface area (Å²) in [4.78, 5) is 12.7. The fourth-order valence-electron chi connectivity index (χ4n) is 3.42. The zero-order chi connectivity index (χ0) is 23.1. The lowest BCUT2D eigenvalue weighted by Crippen LogP contribution is -2.22. The van der Waals surface area contributed by atoms with E-state index in [0.29, 0.717) is 11.6 Å². The Hall–Kier alpha value is -3.12. The third-order valence-electron chi connectivity index (χ3n) is 4.92. The molecule has 1 unspecified atom stereocenters. The molecule has 0 radical (unpaired) electrons. The standard InChI is InChI=1S/C26H27BrFN3O/c1-4-20(18-10-6-5-7-11-18)21-14-19(27)15-24(25(21)29-16-17(2)3)31-26(32)30-23-13-9-8-12-22(23)28/h4-15,17,20,29H,1,16H2,2-3H3,(H2,30,31,32). The smallest absolute Gasteiger partial charge is 0.323 e. The van der Waals surface area contributed by atoms with Crippen LogP contribution in [0, 0.1) is 11.7 Å². The molecule has 2 amide bonds. The Morgan fingerprint density at radius 1 is 1.03 bits per heavy atom. The molecule has 0 saturated heterocycles. The molecule has 166 valence electrons. The van der Waals surface area contributed by atoms with Crippen molar-refractivity contribution in [3.05, 3.63) is 101 Å². The van der Waals surface area contributed by atoms with Crippen LogP contribution in [0.5, 0.6) is 0 Å². The number of hydrogen-bond acceptors (Lipinski definition) is 2. The van der Waals surface area contributed by atoms with E-state index >= 15 is 0 Å². The zero-order valence-electron chi connectivity index (χ0n) is 18.2. The number of urea groups is 1. The second-order valence-electron chi connectivity index (χ2n) is 7.88. The Kier molecular flexibility index (Phi) is 8.06. The summed E-state index contributed by atoms with van der Waals surface area (Å²) in [6, 6.07) is 19.5. The first-order valence-corrected chi connectivity index (χ1v) is 11.3. The SMILES string of the molecule is C=CC(c1ccccc1)c1cc(Br)cc(NC(=O)Nc2ccccc2F)c1NCC(C)C. The Bertz CT molecular complexity index is 1090. The molecule has 0 bridgehead atoms. The molecule has 0 heterocycles. The van der Waals surface area contributed by atoms with Gasteiger partial charge in [-0.2, -0.15) is 0 Å². The Balaban J connectivity index is 2.00. The van der Waals surface area contributed by atoms with Crippen LogP contribution >= 0.6 is 15.9 Å². The van der Waals surface area contributed by atoms with Gasteiger partial charge < -0.3 is 16.0 Å². The predicted molar refractivity (Wildman–Crippen MR) is 135 cm³/mol. The summed E-state index contributed by atoms with van der Waals surface area (Å²) in [5, 5.41) is 8.94. The predicted octanol–water partition coefficient (Wildman–Crippen LogP) is 7.62. The summed E-state index contributed by atoms with van der Waals surface area (Å²) in [7, 11) is 0. The van der Waals surface area contributed by atoms with Crippen LogP contribution in [-0.2, 0) is 0 Å². The van der Waals surface area contributed by atoms with Gasteiger partial charge in [-0.1, -0.05) is 78.3 Å². The number of halogens is 2. The van der Waals surface area contributed by atoms with Crippen molar-refractivity contribution in [2.45, 2.75) is 19.8 Å². The van der Waals surface area contributed by atoms with Crippen molar-refractivity contribution in [3.63, 3.8) is 0 Å². The minimum atomic E-state index is -0.526. The topological polar surface area (TPSA) is 53.2 Å². The van der Waals surface area contributed by atoms with Gasteiger partial charge in [-0.05, 0) is 41.3 Å². The highest BCUT2D eigenvalue weighted by Crippen LogP contribution is 2.39. The third-order valence-corrected chi connectivity index (χ3v) is 5.38. The van der Waals surface area contributed by atoms with Gasteiger partial charge >= 0.3 is 6.03 Å². The molecule has 0 saturated carbocycles. The van der Waals surface area contributed by atoms with Crippen molar-refractivity contribution >= 4 is 39.0 Å². The summed E-state index contributed by atoms with van der Waals surface area (Å²) in [5.41, 5.74) is 3.58. The maximum atomic E-state index is 14.0. The van der Waals surface area contributed by atoms with Crippen LogP contribution in [-0.4, -0.2) is 12.6 Å². The minimum absolute atomic E-state index is 0.0847. The van der Waals surface area contributed by atoms with E-state index < -0.39 is 11.8 Å². The van der Waals surface area contributed by atoms with Crippen LogP contribution < -0.4 is 16.0 Å². The fraction of sp³-hybridized carbons (Fsp3) is 0.192. The quantitative estimate of drug-likeness (QED) is 0.281. The van der Waals surface area contributed by atoms with Crippen molar-refractivity contribution in [1.82, 2.24) is 0 Å². The maximum Gasteiger partial charge on any atom is 0.323 e. The first-order valence-electron chi connectivity index (χ1n) is 10.5. The van der Waals surface area contributed by atoms with Crippen LogP contribution in [0.15, 0.2) is 83.9 Å². The van der Waals surface area contributed by atoms with Gasteiger partial charge in [0.05, 0.1) is 17.1 Å². The van der Waals surface area contributed by atoms with E-state index in [1.807, 2.05) is 36.4 Å². The van der Waals surface area contributed by atoms with Gasteiger partial charge in [0.15, 0.2) is 0 Å². The lowest BCUT2D eigenvalue weighted by atomic mass is 9.89. The molecular formula is C26H27BrFN3O. The van der Waals surface area contributed by atoms with E-state index in [9.17, 15) is 9.18 Å². The number of amides is 2. The number of anilines is 3. The third kappa shape index (κ3) is 5.98. The van der Waals surface area contributed by atoms with Crippen molar-refractivity contribution in [1.29, 1.82) is 0 Å². The van der Waals surface area contributed by atoms with Crippen LogP contribution in [0.1, 0.15) is 30.9 Å². The molecule has 0 aliphatic rings. The van der Waals surface area contributed by atoms with Gasteiger partial charge in [0.1, 0.15) is 5.82 Å². The van der Waals surface area contributed by atoms with E-state index in [1.54, 1.807) is 12.1 Å². The van der Waals surface area contributed by atoms with Gasteiger partial charge in [0.2, 0.25) is 0 Å². The summed E-state index contributed by atoms with van der Waals surface area (Å²) in [6.45, 7) is 9.00. The molecule has 0 spiro atoms. The van der Waals surface area contributed by atoms with Crippen LogP contribution in [0.2, 0.25) is 0 Å².